The lowest BCUT2D eigenvalue weighted by atomic mass is 10.2. The molecule has 0 heterocycles. The van der Waals surface area contributed by atoms with E-state index in [0.29, 0.717) is 0 Å². The molecule has 0 saturated heterocycles. The van der Waals surface area contributed by atoms with Crippen LogP contribution in [0.15, 0.2) is 0 Å². The largest absolute Gasteiger partial charge is 1.00 e. The fraction of sp³-hybridized carbons (Fsp3) is 1.00. The Kier molecular flexibility index (Phi) is 15.4. The standard InChI is InChI=1S/C10H22ClN.ClH/c1-3-5-6-7-9-12(4-2)10-8-11;/h3-10H2,1-2H3;1H. The second-order valence-electron chi connectivity index (χ2n) is 3.35. The van der Waals surface area contributed by atoms with E-state index >= 15 is 0 Å². The Morgan fingerprint density at radius 3 is 2.15 bits per heavy atom. The van der Waals surface area contributed by atoms with Gasteiger partial charge in [0.2, 0.25) is 0 Å². The van der Waals surface area contributed by atoms with E-state index < -0.39 is 0 Å². The van der Waals surface area contributed by atoms with Crippen molar-refractivity contribution in [2.24, 2.45) is 0 Å². The van der Waals surface area contributed by atoms with Crippen LogP contribution >= 0.6 is 11.6 Å². The monoisotopic (exact) mass is 227 g/mol. The Hall–Kier alpha value is 0.540. The number of nitrogens with one attached hydrogen (secondary N) is 1. The van der Waals surface area contributed by atoms with Gasteiger partial charge >= 0.3 is 0 Å². The molecule has 0 rings (SSSR count). The summed E-state index contributed by atoms with van der Waals surface area (Å²) >= 11 is 5.69. The predicted octanol–water partition coefficient (Wildman–Crippen LogP) is -1.29. The summed E-state index contributed by atoms with van der Waals surface area (Å²) in [6, 6.07) is 0. The molecule has 0 amide bonds. The summed E-state index contributed by atoms with van der Waals surface area (Å²) in [6.45, 7) is 8.15. The first kappa shape index (κ1) is 16.0. The van der Waals surface area contributed by atoms with Gasteiger partial charge in [0.15, 0.2) is 0 Å². The fourth-order valence-corrected chi connectivity index (χ4v) is 1.68. The number of quaternary nitrogens is 1. The molecule has 0 bridgehead atoms. The first-order chi connectivity index (χ1) is 5.85. The molecule has 0 radical (unpaired) electrons. The summed E-state index contributed by atoms with van der Waals surface area (Å²) in [6.07, 6.45) is 5.48. The maximum Gasteiger partial charge on any atom is 0.0908 e. The van der Waals surface area contributed by atoms with Crippen LogP contribution in [-0.2, 0) is 0 Å². The molecule has 0 aromatic heterocycles. The summed E-state index contributed by atoms with van der Waals surface area (Å²) in [5.74, 6) is 0.803. The lowest BCUT2D eigenvalue weighted by molar-refractivity contribution is -0.896. The number of halogens is 2. The van der Waals surface area contributed by atoms with Crippen molar-refractivity contribution in [2.75, 3.05) is 25.5 Å². The molecule has 1 nitrogen and oxygen atoms in total. The Labute approximate surface area is 94.2 Å². The van der Waals surface area contributed by atoms with Crippen molar-refractivity contribution in [3.8, 4) is 0 Å². The first-order valence-corrected chi connectivity index (χ1v) is 5.78. The van der Waals surface area contributed by atoms with Crippen molar-refractivity contribution >= 4 is 11.6 Å². The average Bonchev–Trinajstić information content (AvgIpc) is 2.10. The summed E-state index contributed by atoms with van der Waals surface area (Å²) < 4.78 is 0. The summed E-state index contributed by atoms with van der Waals surface area (Å²) in [5, 5.41) is 0. The van der Waals surface area contributed by atoms with E-state index in [1.165, 1.54) is 38.8 Å². The first-order valence-electron chi connectivity index (χ1n) is 5.24. The molecule has 0 aliphatic rings. The van der Waals surface area contributed by atoms with Crippen LogP contribution in [0.5, 0.6) is 0 Å². The van der Waals surface area contributed by atoms with Gasteiger partial charge in [0.05, 0.1) is 25.5 Å². The van der Waals surface area contributed by atoms with Gasteiger partial charge in [-0.25, -0.2) is 0 Å². The van der Waals surface area contributed by atoms with Gasteiger partial charge in [-0.05, 0) is 19.8 Å². The molecule has 1 atom stereocenters. The topological polar surface area (TPSA) is 4.44 Å². The van der Waals surface area contributed by atoms with Crippen LogP contribution in [0.1, 0.15) is 39.5 Å². The number of hydrogen-bond donors (Lipinski definition) is 1. The minimum absolute atomic E-state index is 0. The maximum atomic E-state index is 5.69. The number of hydrogen-bond acceptors (Lipinski definition) is 0. The highest BCUT2D eigenvalue weighted by atomic mass is 35.5. The Morgan fingerprint density at radius 1 is 1.00 bits per heavy atom. The van der Waals surface area contributed by atoms with Crippen molar-refractivity contribution in [1.29, 1.82) is 0 Å². The Morgan fingerprint density at radius 2 is 1.69 bits per heavy atom. The number of alkyl halides is 1. The minimum Gasteiger partial charge on any atom is -1.00 e. The second-order valence-corrected chi connectivity index (χ2v) is 3.73. The molecule has 0 spiro atoms. The van der Waals surface area contributed by atoms with E-state index in [0.717, 1.165) is 12.4 Å². The Balaban J connectivity index is 0. The van der Waals surface area contributed by atoms with Gasteiger partial charge in [-0.3, -0.25) is 0 Å². The van der Waals surface area contributed by atoms with E-state index in [2.05, 4.69) is 13.8 Å². The van der Waals surface area contributed by atoms with Gasteiger partial charge in [-0.2, -0.15) is 0 Å². The van der Waals surface area contributed by atoms with Gasteiger partial charge in [0.1, 0.15) is 0 Å². The Bertz CT molecular complexity index is 89.0. The second kappa shape index (κ2) is 12.5. The molecular formula is C10H23Cl2N. The van der Waals surface area contributed by atoms with Gasteiger partial charge in [-0.15, -0.1) is 11.6 Å². The summed E-state index contributed by atoms with van der Waals surface area (Å²) in [5.41, 5.74) is 0. The lowest BCUT2D eigenvalue weighted by Crippen LogP contribution is -3.12. The lowest BCUT2D eigenvalue weighted by Gasteiger charge is -2.15. The van der Waals surface area contributed by atoms with Gasteiger partial charge in [-0.1, -0.05) is 19.8 Å². The predicted molar refractivity (Wildman–Crippen MR) is 56.1 cm³/mol. The highest BCUT2D eigenvalue weighted by Crippen LogP contribution is 1.95. The summed E-state index contributed by atoms with van der Waals surface area (Å²) in [4.78, 5) is 1.65. The molecule has 0 saturated carbocycles. The molecule has 1 N–H and O–H groups in total. The molecule has 82 valence electrons. The number of unbranched alkanes of at least 4 members (excludes halogenated alkanes) is 3. The van der Waals surface area contributed by atoms with E-state index in [-0.39, 0.29) is 12.4 Å². The average molecular weight is 228 g/mol. The SMILES string of the molecule is CCCCCC[NH+](CC)CCCl.[Cl-]. The third-order valence-corrected chi connectivity index (χ3v) is 2.52. The zero-order valence-electron chi connectivity index (χ0n) is 8.91. The molecule has 1 unspecified atom stereocenters. The van der Waals surface area contributed by atoms with E-state index in [1.807, 2.05) is 0 Å². The minimum atomic E-state index is 0. The summed E-state index contributed by atoms with van der Waals surface area (Å²) in [7, 11) is 0. The quantitative estimate of drug-likeness (QED) is 0.390. The number of rotatable bonds is 8. The molecule has 0 aromatic rings. The molecule has 0 aromatic carbocycles. The van der Waals surface area contributed by atoms with E-state index in [9.17, 15) is 0 Å². The molecule has 3 heteroatoms. The zero-order chi connectivity index (χ0) is 9.23. The van der Waals surface area contributed by atoms with Crippen molar-refractivity contribution in [3.63, 3.8) is 0 Å². The normalized spacial score (nSPS) is 12.2. The van der Waals surface area contributed by atoms with E-state index in [4.69, 9.17) is 11.6 Å². The van der Waals surface area contributed by atoms with Crippen LogP contribution in [0.25, 0.3) is 0 Å². The van der Waals surface area contributed by atoms with Gasteiger partial charge in [0, 0.05) is 0 Å². The van der Waals surface area contributed by atoms with Crippen LogP contribution in [0.4, 0.5) is 0 Å². The smallest absolute Gasteiger partial charge is 0.0908 e. The van der Waals surface area contributed by atoms with E-state index in [1.54, 1.807) is 4.90 Å². The van der Waals surface area contributed by atoms with Crippen LogP contribution in [-0.4, -0.2) is 25.5 Å². The highest BCUT2D eigenvalue weighted by molar-refractivity contribution is 6.17. The van der Waals surface area contributed by atoms with Crippen molar-refractivity contribution in [1.82, 2.24) is 0 Å². The fourth-order valence-electron chi connectivity index (χ4n) is 1.41. The maximum absolute atomic E-state index is 5.69. The van der Waals surface area contributed by atoms with Gasteiger partial charge in [0.25, 0.3) is 0 Å². The molecule has 0 fully saturated rings. The molecule has 0 aliphatic heterocycles. The molecule has 13 heavy (non-hydrogen) atoms. The third kappa shape index (κ3) is 10.5. The third-order valence-electron chi connectivity index (χ3n) is 2.33. The van der Waals surface area contributed by atoms with Gasteiger partial charge < -0.3 is 17.3 Å². The van der Waals surface area contributed by atoms with Crippen molar-refractivity contribution in [3.05, 3.63) is 0 Å². The molecule has 0 aliphatic carbocycles. The highest BCUT2D eigenvalue weighted by Gasteiger charge is 2.02. The zero-order valence-corrected chi connectivity index (χ0v) is 10.4. The van der Waals surface area contributed by atoms with Crippen LogP contribution in [0.2, 0.25) is 0 Å². The van der Waals surface area contributed by atoms with Crippen LogP contribution < -0.4 is 17.3 Å². The van der Waals surface area contributed by atoms with Crippen LogP contribution in [0, 0.1) is 0 Å². The van der Waals surface area contributed by atoms with Crippen molar-refractivity contribution in [2.45, 2.75) is 39.5 Å². The van der Waals surface area contributed by atoms with Crippen molar-refractivity contribution < 1.29 is 17.3 Å². The van der Waals surface area contributed by atoms with Crippen LogP contribution in [0.3, 0.4) is 0 Å². The molecular weight excluding hydrogens is 205 g/mol.